The van der Waals surface area contributed by atoms with Crippen LogP contribution in [0.4, 0.5) is 0 Å². The van der Waals surface area contributed by atoms with Gasteiger partial charge in [0.2, 0.25) is 0 Å². The molecule has 0 atom stereocenters. The number of rotatable bonds is 4. The third-order valence-electron chi connectivity index (χ3n) is 4.19. The van der Waals surface area contributed by atoms with Gasteiger partial charge in [-0.1, -0.05) is 11.8 Å². The van der Waals surface area contributed by atoms with Crippen molar-refractivity contribution >= 4 is 46.0 Å². The van der Waals surface area contributed by atoms with Crippen LogP contribution in [0.15, 0.2) is 22.2 Å². The van der Waals surface area contributed by atoms with Gasteiger partial charge in [0, 0.05) is 12.7 Å². The van der Waals surface area contributed by atoms with Crippen LogP contribution in [-0.2, 0) is 14.1 Å². The Bertz CT molecular complexity index is 662. The van der Waals surface area contributed by atoms with Crippen LogP contribution in [-0.4, -0.2) is 39.3 Å². The molecule has 0 aliphatic carbocycles. The second kappa shape index (κ2) is 7.19. The maximum absolute atomic E-state index is 11.4. The summed E-state index contributed by atoms with van der Waals surface area (Å²) < 4.78 is 12.7. The fourth-order valence-corrected chi connectivity index (χ4v) is 2.99. The van der Waals surface area contributed by atoms with Crippen LogP contribution in [0.2, 0.25) is 0 Å². The van der Waals surface area contributed by atoms with Crippen LogP contribution >= 0.6 is 27.7 Å². The van der Waals surface area contributed by atoms with Crippen molar-refractivity contribution in [1.82, 2.24) is 4.98 Å². The second-order valence-electron chi connectivity index (χ2n) is 6.63. The van der Waals surface area contributed by atoms with E-state index in [0.29, 0.717) is 16.0 Å². The summed E-state index contributed by atoms with van der Waals surface area (Å²) >= 11 is 4.46. The standard InChI is InChI=1S/C16H21BBrNO4S/c1-10(20)24-9-11(8-12-13(21)6-7-14(18)19-12)17-22-15(2,3)16(4,5)23-17/h6-8,21H,9H2,1-5H3. The molecule has 0 spiro atoms. The van der Waals surface area contributed by atoms with Crippen molar-refractivity contribution in [2.45, 2.75) is 45.8 Å². The molecule has 0 aromatic carbocycles. The minimum Gasteiger partial charge on any atom is -0.506 e. The van der Waals surface area contributed by atoms with Crippen molar-refractivity contribution in [1.29, 1.82) is 0 Å². The van der Waals surface area contributed by atoms with E-state index < -0.39 is 18.3 Å². The third kappa shape index (κ3) is 4.42. The third-order valence-corrected chi connectivity index (χ3v) is 5.51. The molecule has 1 aromatic heterocycles. The highest BCUT2D eigenvalue weighted by atomic mass is 79.9. The predicted molar refractivity (Wildman–Crippen MR) is 101 cm³/mol. The smallest absolute Gasteiger partial charge is 0.491 e. The molecule has 1 N–H and O–H groups in total. The molecular weight excluding hydrogens is 393 g/mol. The number of aromatic nitrogens is 1. The number of carbonyl (C=O) groups is 1. The molecule has 2 rings (SSSR count). The van der Waals surface area contributed by atoms with Gasteiger partial charge in [-0.25, -0.2) is 4.98 Å². The molecule has 0 amide bonds. The quantitative estimate of drug-likeness (QED) is 0.597. The number of pyridine rings is 1. The summed E-state index contributed by atoms with van der Waals surface area (Å²) in [6.45, 7) is 9.39. The van der Waals surface area contributed by atoms with Crippen molar-refractivity contribution in [2.75, 3.05) is 5.75 Å². The van der Waals surface area contributed by atoms with Crippen LogP contribution in [0.1, 0.15) is 40.3 Å². The lowest BCUT2D eigenvalue weighted by molar-refractivity contribution is -0.109. The molecule has 5 nitrogen and oxygen atoms in total. The minimum absolute atomic E-state index is 0.00356. The molecule has 8 heteroatoms. The van der Waals surface area contributed by atoms with Crippen LogP contribution < -0.4 is 0 Å². The Labute approximate surface area is 155 Å². The Kier molecular flexibility index (Phi) is 5.85. The van der Waals surface area contributed by atoms with Gasteiger partial charge in [-0.15, -0.1) is 0 Å². The van der Waals surface area contributed by atoms with Crippen LogP contribution in [0.3, 0.4) is 0 Å². The molecule has 0 saturated carbocycles. The van der Waals surface area contributed by atoms with E-state index in [4.69, 9.17) is 9.31 Å². The molecule has 1 aromatic rings. The Balaban J connectivity index is 2.37. The van der Waals surface area contributed by atoms with Crippen molar-refractivity contribution in [3.8, 4) is 5.75 Å². The highest BCUT2D eigenvalue weighted by Crippen LogP contribution is 2.39. The minimum atomic E-state index is -0.595. The summed E-state index contributed by atoms with van der Waals surface area (Å²) in [4.78, 5) is 15.6. The fourth-order valence-electron chi connectivity index (χ4n) is 2.08. The number of thioether (sulfide) groups is 1. The van der Waals surface area contributed by atoms with Gasteiger partial charge in [-0.3, -0.25) is 4.79 Å². The summed E-state index contributed by atoms with van der Waals surface area (Å²) in [7, 11) is -0.595. The van der Waals surface area contributed by atoms with Gasteiger partial charge in [-0.2, -0.15) is 0 Å². The van der Waals surface area contributed by atoms with Gasteiger partial charge in [0.05, 0.1) is 11.2 Å². The van der Waals surface area contributed by atoms with Gasteiger partial charge in [0.1, 0.15) is 16.0 Å². The van der Waals surface area contributed by atoms with Crippen molar-refractivity contribution in [3.05, 3.63) is 27.9 Å². The van der Waals surface area contributed by atoms with Gasteiger partial charge in [0.15, 0.2) is 5.12 Å². The van der Waals surface area contributed by atoms with E-state index in [-0.39, 0.29) is 10.9 Å². The van der Waals surface area contributed by atoms with Crippen molar-refractivity contribution < 1.29 is 19.2 Å². The summed E-state index contributed by atoms with van der Waals surface area (Å²) in [6, 6.07) is 3.22. The van der Waals surface area contributed by atoms with Crippen molar-refractivity contribution in [3.63, 3.8) is 0 Å². The van der Waals surface area contributed by atoms with E-state index in [9.17, 15) is 9.90 Å². The molecule has 0 bridgehead atoms. The summed E-state index contributed by atoms with van der Waals surface area (Å²) in [5.74, 6) is 0.458. The molecule has 130 valence electrons. The monoisotopic (exact) mass is 413 g/mol. The van der Waals surface area contributed by atoms with Crippen LogP contribution in [0.5, 0.6) is 5.75 Å². The van der Waals surface area contributed by atoms with E-state index in [1.807, 2.05) is 27.7 Å². The lowest BCUT2D eigenvalue weighted by Gasteiger charge is -2.32. The zero-order valence-electron chi connectivity index (χ0n) is 14.4. The first kappa shape index (κ1) is 19.5. The first-order chi connectivity index (χ1) is 11.0. The molecular formula is C16H21BBrNO4S. The number of hydrogen-bond donors (Lipinski definition) is 1. The maximum Gasteiger partial charge on any atom is 0.491 e. The average Bonchev–Trinajstić information content (AvgIpc) is 2.66. The fraction of sp³-hybridized carbons (Fsp3) is 0.500. The van der Waals surface area contributed by atoms with E-state index in [0.717, 1.165) is 5.47 Å². The van der Waals surface area contributed by atoms with E-state index in [1.54, 1.807) is 18.2 Å². The average molecular weight is 414 g/mol. The molecule has 2 heterocycles. The van der Waals surface area contributed by atoms with Gasteiger partial charge in [0.25, 0.3) is 0 Å². The summed E-state index contributed by atoms with van der Waals surface area (Å²) in [6.07, 6.45) is 1.72. The van der Waals surface area contributed by atoms with E-state index in [1.165, 1.54) is 18.7 Å². The molecule has 1 aliphatic rings. The van der Waals surface area contributed by atoms with Crippen LogP contribution in [0.25, 0.3) is 6.08 Å². The predicted octanol–water partition coefficient (Wildman–Crippen LogP) is 3.84. The highest BCUT2D eigenvalue weighted by molar-refractivity contribution is 9.10. The molecule has 24 heavy (non-hydrogen) atoms. The Hall–Kier alpha value is -0.825. The first-order valence-corrected chi connectivity index (χ1v) is 9.35. The molecule has 1 aliphatic heterocycles. The molecule has 1 saturated heterocycles. The number of aromatic hydroxyl groups is 1. The lowest BCUT2D eigenvalue weighted by Crippen LogP contribution is -2.41. The largest absolute Gasteiger partial charge is 0.506 e. The van der Waals surface area contributed by atoms with E-state index in [2.05, 4.69) is 20.9 Å². The van der Waals surface area contributed by atoms with Crippen LogP contribution in [0, 0.1) is 0 Å². The SMILES string of the molecule is CC(=O)SCC(=Cc1nc(Br)ccc1O)B1OC(C)(C)C(C)(C)O1. The molecule has 1 fully saturated rings. The highest BCUT2D eigenvalue weighted by Gasteiger charge is 2.52. The molecule has 0 radical (unpaired) electrons. The summed E-state index contributed by atoms with van der Waals surface area (Å²) in [5.41, 5.74) is 0.183. The Morgan fingerprint density at radius 2 is 1.92 bits per heavy atom. The zero-order valence-corrected chi connectivity index (χ0v) is 16.8. The number of nitrogens with zero attached hydrogens (tertiary/aromatic N) is 1. The molecule has 0 unspecified atom stereocenters. The van der Waals surface area contributed by atoms with Gasteiger partial charge >= 0.3 is 7.12 Å². The normalized spacial score (nSPS) is 19.6. The Morgan fingerprint density at radius 3 is 2.46 bits per heavy atom. The number of halogens is 1. The van der Waals surface area contributed by atoms with Crippen molar-refractivity contribution in [2.24, 2.45) is 0 Å². The zero-order chi connectivity index (χ0) is 18.1. The number of carbonyl (C=O) groups excluding carboxylic acids is 1. The van der Waals surface area contributed by atoms with Gasteiger partial charge < -0.3 is 14.4 Å². The lowest BCUT2D eigenvalue weighted by atomic mass is 9.78. The number of hydrogen-bond acceptors (Lipinski definition) is 6. The first-order valence-electron chi connectivity index (χ1n) is 7.57. The van der Waals surface area contributed by atoms with E-state index >= 15 is 0 Å². The Morgan fingerprint density at radius 1 is 1.33 bits per heavy atom. The second-order valence-corrected chi connectivity index (χ2v) is 8.59. The van der Waals surface area contributed by atoms with Gasteiger partial charge in [-0.05, 0) is 67.3 Å². The topological polar surface area (TPSA) is 68.7 Å². The summed E-state index contributed by atoms with van der Waals surface area (Å²) in [5, 5.41) is 10.0. The maximum atomic E-state index is 11.4.